The van der Waals surface area contributed by atoms with E-state index >= 15 is 0 Å². The Labute approximate surface area is 178 Å². The van der Waals surface area contributed by atoms with E-state index in [-0.39, 0.29) is 46.1 Å². The van der Waals surface area contributed by atoms with Crippen molar-refractivity contribution in [3.63, 3.8) is 0 Å². The standard InChI is InChI=1S/C21H14F5N3O3/c1-10-15(29-9-11(8-27)17(28)18(29)20(30)31-2)4-3-5-16(10)32-19-13(22)6-12(7-14(19)23)21(24,25)26/h3-7,9H,28H2,1-2H3. The Balaban J connectivity index is 2.11. The molecule has 0 aliphatic rings. The van der Waals surface area contributed by atoms with Crippen LogP contribution in [0.25, 0.3) is 5.69 Å². The third-order valence-electron chi connectivity index (χ3n) is 4.60. The summed E-state index contributed by atoms with van der Waals surface area (Å²) in [6.45, 7) is 1.48. The largest absolute Gasteiger partial charge is 0.464 e. The molecule has 0 saturated heterocycles. The monoisotopic (exact) mass is 451 g/mol. The molecule has 0 aliphatic carbocycles. The number of carbonyl (C=O) groups excluding carboxylic acids is 1. The van der Waals surface area contributed by atoms with E-state index in [2.05, 4.69) is 0 Å². The number of methoxy groups -OCH3 is 1. The van der Waals surface area contributed by atoms with Crippen molar-refractivity contribution in [2.45, 2.75) is 13.1 Å². The smallest absolute Gasteiger partial charge is 0.416 e. The topological polar surface area (TPSA) is 90.3 Å². The van der Waals surface area contributed by atoms with Gasteiger partial charge in [0.05, 0.1) is 29.6 Å². The summed E-state index contributed by atoms with van der Waals surface area (Å²) in [6.07, 6.45) is -3.67. The van der Waals surface area contributed by atoms with Crippen LogP contribution in [0.15, 0.2) is 36.5 Å². The highest BCUT2D eigenvalue weighted by Crippen LogP contribution is 2.37. The van der Waals surface area contributed by atoms with E-state index in [4.69, 9.17) is 15.2 Å². The van der Waals surface area contributed by atoms with Gasteiger partial charge in [0.15, 0.2) is 23.1 Å². The van der Waals surface area contributed by atoms with Gasteiger partial charge in [-0.2, -0.15) is 18.4 Å². The van der Waals surface area contributed by atoms with Crippen molar-refractivity contribution in [3.05, 3.63) is 70.5 Å². The number of ether oxygens (including phenoxy) is 2. The molecule has 3 aromatic rings. The zero-order chi connectivity index (χ0) is 23.8. The molecule has 0 unspecified atom stereocenters. The van der Waals surface area contributed by atoms with E-state index in [0.29, 0.717) is 0 Å². The Bertz CT molecular complexity index is 1240. The summed E-state index contributed by atoms with van der Waals surface area (Å²) in [5.74, 6) is -5.07. The predicted molar refractivity (Wildman–Crippen MR) is 102 cm³/mol. The second-order valence-electron chi connectivity index (χ2n) is 6.55. The van der Waals surface area contributed by atoms with Gasteiger partial charge >= 0.3 is 12.1 Å². The molecule has 0 fully saturated rings. The van der Waals surface area contributed by atoms with Crippen LogP contribution in [0.1, 0.15) is 27.2 Å². The third-order valence-corrected chi connectivity index (χ3v) is 4.60. The number of nitrogens with zero attached hydrogens (tertiary/aromatic N) is 2. The van der Waals surface area contributed by atoms with E-state index < -0.39 is 35.1 Å². The number of benzene rings is 2. The summed E-state index contributed by atoms with van der Waals surface area (Å²) in [5, 5.41) is 9.23. The van der Waals surface area contributed by atoms with Gasteiger partial charge in [-0.15, -0.1) is 0 Å². The summed E-state index contributed by atoms with van der Waals surface area (Å²) < 4.78 is 77.9. The van der Waals surface area contributed by atoms with Crippen LogP contribution in [-0.4, -0.2) is 17.6 Å². The first-order valence-corrected chi connectivity index (χ1v) is 8.82. The van der Waals surface area contributed by atoms with Crippen LogP contribution < -0.4 is 10.5 Å². The Kier molecular flexibility index (Phi) is 5.81. The maximum Gasteiger partial charge on any atom is 0.416 e. The van der Waals surface area contributed by atoms with Crippen LogP contribution in [0, 0.1) is 29.9 Å². The number of nitriles is 1. The van der Waals surface area contributed by atoms with Gasteiger partial charge in [-0.1, -0.05) is 6.07 Å². The number of rotatable bonds is 4. The average molecular weight is 451 g/mol. The molecule has 0 radical (unpaired) electrons. The molecule has 166 valence electrons. The molecule has 1 aromatic heterocycles. The number of alkyl halides is 3. The van der Waals surface area contributed by atoms with Gasteiger partial charge in [-0.05, 0) is 31.2 Å². The van der Waals surface area contributed by atoms with E-state index in [1.54, 1.807) is 0 Å². The van der Waals surface area contributed by atoms with Gasteiger partial charge < -0.3 is 19.8 Å². The lowest BCUT2D eigenvalue weighted by atomic mass is 10.1. The van der Waals surface area contributed by atoms with Crippen LogP contribution >= 0.6 is 0 Å². The van der Waals surface area contributed by atoms with Crippen LogP contribution in [0.2, 0.25) is 0 Å². The third kappa shape index (κ3) is 3.94. The van der Waals surface area contributed by atoms with Crippen molar-refractivity contribution in [2.24, 2.45) is 0 Å². The van der Waals surface area contributed by atoms with Gasteiger partial charge in [0.1, 0.15) is 11.8 Å². The average Bonchev–Trinajstić information content (AvgIpc) is 3.06. The van der Waals surface area contributed by atoms with E-state index in [1.807, 2.05) is 6.07 Å². The van der Waals surface area contributed by atoms with E-state index in [1.165, 1.54) is 35.9 Å². The molecule has 11 heteroatoms. The summed E-state index contributed by atoms with van der Waals surface area (Å²) >= 11 is 0. The highest BCUT2D eigenvalue weighted by molar-refractivity contribution is 5.96. The van der Waals surface area contributed by atoms with Crippen LogP contribution in [0.3, 0.4) is 0 Å². The lowest BCUT2D eigenvalue weighted by Crippen LogP contribution is -2.12. The number of esters is 1. The zero-order valence-corrected chi connectivity index (χ0v) is 16.6. The number of anilines is 1. The van der Waals surface area contributed by atoms with Crippen LogP contribution in [0.5, 0.6) is 11.5 Å². The Hall–Kier alpha value is -4.07. The highest BCUT2D eigenvalue weighted by Gasteiger charge is 2.33. The molecule has 6 nitrogen and oxygen atoms in total. The highest BCUT2D eigenvalue weighted by atomic mass is 19.4. The first-order valence-electron chi connectivity index (χ1n) is 8.82. The molecule has 0 atom stereocenters. The molecule has 2 N–H and O–H groups in total. The maximum atomic E-state index is 14.2. The van der Waals surface area contributed by atoms with Crippen LogP contribution in [0.4, 0.5) is 27.6 Å². The minimum absolute atomic E-state index is 0.0176. The van der Waals surface area contributed by atoms with E-state index in [9.17, 15) is 32.0 Å². The fraction of sp³-hybridized carbons (Fsp3) is 0.143. The Morgan fingerprint density at radius 3 is 2.34 bits per heavy atom. The van der Waals surface area contributed by atoms with Gasteiger partial charge in [0, 0.05) is 11.8 Å². The first-order chi connectivity index (χ1) is 15.0. The minimum atomic E-state index is -4.94. The molecule has 32 heavy (non-hydrogen) atoms. The number of hydrogen-bond donors (Lipinski definition) is 1. The molecule has 0 aliphatic heterocycles. The predicted octanol–water partition coefficient (Wildman–Crippen LogP) is 5.12. The quantitative estimate of drug-likeness (QED) is 0.440. The second kappa shape index (κ2) is 8.22. The number of aromatic nitrogens is 1. The number of halogens is 5. The maximum absolute atomic E-state index is 14.2. The van der Waals surface area contributed by atoms with Gasteiger partial charge in [0.2, 0.25) is 0 Å². The van der Waals surface area contributed by atoms with Crippen molar-refractivity contribution in [1.29, 1.82) is 5.26 Å². The summed E-state index contributed by atoms with van der Waals surface area (Å²) in [7, 11) is 1.12. The van der Waals surface area contributed by atoms with Crippen molar-refractivity contribution >= 4 is 11.7 Å². The van der Waals surface area contributed by atoms with Crippen LogP contribution in [-0.2, 0) is 10.9 Å². The second-order valence-corrected chi connectivity index (χ2v) is 6.55. The number of nitrogens with two attached hydrogens (primary N) is 1. The summed E-state index contributed by atoms with van der Waals surface area (Å²) in [4.78, 5) is 12.2. The van der Waals surface area contributed by atoms with Gasteiger partial charge in [-0.3, -0.25) is 0 Å². The molecule has 0 spiro atoms. The lowest BCUT2D eigenvalue weighted by molar-refractivity contribution is -0.138. The molecule has 0 amide bonds. The van der Waals surface area contributed by atoms with E-state index in [0.717, 1.165) is 7.11 Å². The number of carbonyl (C=O) groups is 1. The molecule has 0 bridgehead atoms. The summed E-state index contributed by atoms with van der Waals surface area (Å²) in [5.41, 5.74) is 4.55. The number of nitrogen functional groups attached to an aromatic ring is 1. The zero-order valence-electron chi connectivity index (χ0n) is 16.6. The first kappa shape index (κ1) is 22.6. The molecular formula is C21H14F5N3O3. The number of hydrogen-bond acceptors (Lipinski definition) is 5. The lowest BCUT2D eigenvalue weighted by Gasteiger charge is -2.16. The fourth-order valence-corrected chi connectivity index (χ4v) is 3.01. The molecule has 1 heterocycles. The SMILES string of the molecule is COC(=O)c1c(N)c(C#N)cn1-c1cccc(Oc2c(F)cc(C(F)(F)F)cc2F)c1C. The Morgan fingerprint density at radius 2 is 1.81 bits per heavy atom. The molecule has 2 aromatic carbocycles. The minimum Gasteiger partial charge on any atom is -0.464 e. The van der Waals surface area contributed by atoms with Crippen molar-refractivity contribution < 1.29 is 36.2 Å². The fourth-order valence-electron chi connectivity index (χ4n) is 3.01. The Morgan fingerprint density at radius 1 is 1.19 bits per heavy atom. The van der Waals surface area contributed by atoms with Crippen molar-refractivity contribution in [3.8, 4) is 23.3 Å². The van der Waals surface area contributed by atoms with Crippen molar-refractivity contribution in [1.82, 2.24) is 4.57 Å². The van der Waals surface area contributed by atoms with Gasteiger partial charge in [0.25, 0.3) is 0 Å². The molecule has 3 rings (SSSR count). The van der Waals surface area contributed by atoms with Crippen molar-refractivity contribution in [2.75, 3.05) is 12.8 Å². The summed E-state index contributed by atoms with van der Waals surface area (Å²) in [6, 6.07) is 6.33. The molecule has 0 saturated carbocycles. The molecular weight excluding hydrogens is 437 g/mol. The normalized spacial score (nSPS) is 11.2. The van der Waals surface area contributed by atoms with Gasteiger partial charge in [-0.25, -0.2) is 13.6 Å².